The zero-order valence-corrected chi connectivity index (χ0v) is 21.4. The van der Waals surface area contributed by atoms with Gasteiger partial charge >= 0.3 is 0 Å². The number of hydrogen-bond acceptors (Lipinski definition) is 6. The summed E-state index contributed by atoms with van der Waals surface area (Å²) in [4.78, 5) is 17.8. The molecule has 34 heavy (non-hydrogen) atoms. The van der Waals surface area contributed by atoms with E-state index >= 15 is 0 Å². The van der Waals surface area contributed by atoms with E-state index in [1.165, 1.54) is 12.8 Å². The normalized spacial score (nSPS) is 13.6. The van der Waals surface area contributed by atoms with Gasteiger partial charge < -0.3 is 20.2 Å². The second kappa shape index (κ2) is 11.5. The Kier molecular flexibility index (Phi) is 8.75. The lowest BCUT2D eigenvalue weighted by molar-refractivity contribution is 0.0929. The van der Waals surface area contributed by atoms with Crippen molar-refractivity contribution in [3.8, 4) is 11.5 Å². The van der Waals surface area contributed by atoms with Crippen LogP contribution >= 0.6 is 0 Å². The van der Waals surface area contributed by atoms with Crippen LogP contribution in [0.3, 0.4) is 0 Å². The number of aromatic nitrogens is 2. The number of hydrogen-bond donors (Lipinski definition) is 2. The van der Waals surface area contributed by atoms with Crippen molar-refractivity contribution < 1.29 is 9.47 Å². The predicted octanol–water partition coefficient (Wildman–Crippen LogP) is 5.44. The van der Waals surface area contributed by atoms with Gasteiger partial charge in [-0.25, -0.2) is 4.98 Å². The molecule has 2 N–H and O–H groups in total. The van der Waals surface area contributed by atoms with Crippen LogP contribution in [0.4, 0.5) is 5.69 Å². The van der Waals surface area contributed by atoms with Crippen molar-refractivity contribution in [1.29, 1.82) is 5.41 Å². The third-order valence-electron chi connectivity index (χ3n) is 6.09. The van der Waals surface area contributed by atoms with Crippen LogP contribution in [0, 0.1) is 11.3 Å². The molecule has 1 saturated carbocycles. The molecule has 1 aliphatic rings. The minimum Gasteiger partial charge on any atom is -0.494 e. The van der Waals surface area contributed by atoms with E-state index in [9.17, 15) is 4.79 Å². The Labute approximate surface area is 203 Å². The maximum absolute atomic E-state index is 13.1. The van der Waals surface area contributed by atoms with Crippen LogP contribution in [-0.4, -0.2) is 34.5 Å². The molecule has 0 unspecified atom stereocenters. The van der Waals surface area contributed by atoms with Crippen LogP contribution in [0.5, 0.6) is 11.5 Å². The van der Waals surface area contributed by atoms with E-state index in [1.54, 1.807) is 11.6 Å². The van der Waals surface area contributed by atoms with Gasteiger partial charge in [0.1, 0.15) is 34.3 Å². The van der Waals surface area contributed by atoms with E-state index < -0.39 is 0 Å². The van der Waals surface area contributed by atoms with Gasteiger partial charge in [-0.1, -0.05) is 33.1 Å². The van der Waals surface area contributed by atoms with Crippen LogP contribution in [0.1, 0.15) is 77.7 Å². The first kappa shape index (κ1) is 25.8. The fourth-order valence-electron chi connectivity index (χ4n) is 4.31. The largest absolute Gasteiger partial charge is 0.494 e. The Morgan fingerprint density at radius 2 is 1.88 bits per heavy atom. The summed E-state index contributed by atoms with van der Waals surface area (Å²) in [6, 6.07) is 7.77. The number of ether oxygens (including phenoxy) is 2. The van der Waals surface area contributed by atoms with E-state index in [-0.39, 0.29) is 11.2 Å². The van der Waals surface area contributed by atoms with Crippen LogP contribution in [0.15, 0.2) is 29.1 Å². The van der Waals surface area contributed by atoms with Crippen LogP contribution in [0.25, 0.3) is 0 Å². The fraction of sp³-hybridized carbons (Fsp3) is 0.593. The molecule has 0 bridgehead atoms. The zero-order chi connectivity index (χ0) is 24.7. The minimum absolute atomic E-state index is 0.125. The van der Waals surface area contributed by atoms with E-state index in [0.717, 1.165) is 30.3 Å². The minimum atomic E-state index is -0.154. The number of benzene rings is 1. The highest BCUT2D eigenvalue weighted by Gasteiger charge is 2.31. The molecule has 3 rings (SSSR count). The molecule has 0 atom stereocenters. The molecule has 2 aromatic rings. The maximum atomic E-state index is 13.1. The van der Waals surface area contributed by atoms with Gasteiger partial charge in [0.25, 0.3) is 5.56 Å². The molecule has 0 radical (unpaired) electrons. The molecule has 0 aliphatic heterocycles. The van der Waals surface area contributed by atoms with Crippen molar-refractivity contribution in [2.45, 2.75) is 84.8 Å². The highest BCUT2D eigenvalue weighted by molar-refractivity contribution is 6.00. The van der Waals surface area contributed by atoms with Crippen molar-refractivity contribution in [3.63, 3.8) is 0 Å². The summed E-state index contributed by atoms with van der Waals surface area (Å²) in [5, 5.41) is 11.3. The van der Waals surface area contributed by atoms with Crippen LogP contribution < -0.4 is 20.3 Å². The molecular formula is C27H40N4O3. The van der Waals surface area contributed by atoms with Crippen molar-refractivity contribution in [3.05, 3.63) is 46.1 Å². The standard InChI is InChI=1S/C27H40N4O3/c1-6-9-22(28)24-25(29-5)26(32)31(23(7-2)30-24)16-8-17-33-20-12-14-21(15-13-20)34-27(3,4)18-19-10-11-19/h12-15,19,28-29H,6-11,16-18H2,1-5H3. The number of nitrogens with zero attached hydrogens (tertiary/aromatic N) is 2. The summed E-state index contributed by atoms with van der Waals surface area (Å²) in [6.45, 7) is 9.31. The first-order chi connectivity index (χ1) is 16.3. The Hall–Kier alpha value is -2.83. The zero-order valence-electron chi connectivity index (χ0n) is 21.4. The number of aryl methyl sites for hydroxylation is 1. The second-order valence-corrected chi connectivity index (χ2v) is 9.72. The second-order valence-electron chi connectivity index (χ2n) is 9.72. The molecule has 0 amide bonds. The van der Waals surface area contributed by atoms with Crippen molar-refractivity contribution in [2.75, 3.05) is 19.0 Å². The molecule has 1 aromatic heterocycles. The number of anilines is 1. The summed E-state index contributed by atoms with van der Waals surface area (Å²) in [5.74, 6) is 3.16. The lowest BCUT2D eigenvalue weighted by Gasteiger charge is -2.26. The quantitative estimate of drug-likeness (QED) is 0.285. The molecule has 1 aliphatic carbocycles. The molecule has 0 saturated heterocycles. The summed E-state index contributed by atoms with van der Waals surface area (Å²) in [5.41, 5.74) is 0.995. The molecule has 7 heteroatoms. The summed E-state index contributed by atoms with van der Waals surface area (Å²) in [6.07, 6.45) is 6.49. The average molecular weight is 469 g/mol. The van der Waals surface area contributed by atoms with Gasteiger partial charge in [-0.15, -0.1) is 0 Å². The first-order valence-electron chi connectivity index (χ1n) is 12.6. The van der Waals surface area contributed by atoms with Crippen molar-refractivity contribution >= 4 is 11.4 Å². The first-order valence-corrected chi connectivity index (χ1v) is 12.6. The lowest BCUT2D eigenvalue weighted by atomic mass is 10.0. The molecular weight excluding hydrogens is 428 g/mol. The molecule has 1 heterocycles. The van der Waals surface area contributed by atoms with Crippen LogP contribution in [-0.2, 0) is 13.0 Å². The van der Waals surface area contributed by atoms with Gasteiger partial charge in [0, 0.05) is 20.0 Å². The molecule has 0 spiro atoms. The highest BCUT2D eigenvalue weighted by atomic mass is 16.5. The summed E-state index contributed by atoms with van der Waals surface area (Å²) in [7, 11) is 1.71. The Balaban J connectivity index is 1.57. The number of rotatable bonds is 14. The van der Waals surface area contributed by atoms with Gasteiger partial charge in [0.2, 0.25) is 0 Å². The van der Waals surface area contributed by atoms with Gasteiger partial charge in [0.05, 0.1) is 12.3 Å². The summed E-state index contributed by atoms with van der Waals surface area (Å²) < 4.78 is 13.8. The molecule has 1 fully saturated rings. The molecule has 1 aromatic carbocycles. The van der Waals surface area contributed by atoms with Crippen molar-refractivity contribution in [1.82, 2.24) is 9.55 Å². The van der Waals surface area contributed by atoms with Gasteiger partial charge in [0.15, 0.2) is 0 Å². The van der Waals surface area contributed by atoms with Crippen molar-refractivity contribution in [2.24, 2.45) is 5.92 Å². The molecule has 7 nitrogen and oxygen atoms in total. The Morgan fingerprint density at radius 1 is 1.21 bits per heavy atom. The summed E-state index contributed by atoms with van der Waals surface area (Å²) >= 11 is 0. The highest BCUT2D eigenvalue weighted by Crippen LogP contribution is 2.38. The van der Waals surface area contributed by atoms with Gasteiger partial charge in [-0.2, -0.15) is 0 Å². The average Bonchev–Trinajstić information content (AvgIpc) is 3.61. The number of nitrogens with one attached hydrogen (secondary N) is 2. The van der Waals surface area contributed by atoms with Gasteiger partial charge in [-0.05, 0) is 63.3 Å². The predicted molar refractivity (Wildman–Crippen MR) is 138 cm³/mol. The van der Waals surface area contributed by atoms with E-state index in [0.29, 0.717) is 55.3 Å². The van der Waals surface area contributed by atoms with E-state index in [2.05, 4.69) is 24.1 Å². The van der Waals surface area contributed by atoms with E-state index in [1.807, 2.05) is 38.1 Å². The third-order valence-corrected chi connectivity index (χ3v) is 6.09. The SMILES string of the molecule is CCCC(=N)c1nc(CC)n(CCCOc2ccc(OC(C)(C)CC3CC3)cc2)c(=O)c1NC. The topological polar surface area (TPSA) is 89.2 Å². The third kappa shape index (κ3) is 6.84. The van der Waals surface area contributed by atoms with Gasteiger partial charge in [-0.3, -0.25) is 9.36 Å². The molecule has 186 valence electrons. The maximum Gasteiger partial charge on any atom is 0.277 e. The smallest absolute Gasteiger partial charge is 0.277 e. The van der Waals surface area contributed by atoms with E-state index in [4.69, 9.17) is 14.9 Å². The lowest BCUT2D eigenvalue weighted by Crippen LogP contribution is -2.30. The Morgan fingerprint density at radius 3 is 2.47 bits per heavy atom. The fourth-order valence-corrected chi connectivity index (χ4v) is 4.31. The Bertz CT molecular complexity index is 1020. The monoisotopic (exact) mass is 468 g/mol. The van der Waals surface area contributed by atoms with Crippen LogP contribution in [0.2, 0.25) is 0 Å².